The molecule has 4 aromatic rings. The molecule has 0 aromatic carbocycles. The number of aromatic nitrogens is 2. The molecule has 30 heavy (non-hydrogen) atoms. The molecule has 0 saturated heterocycles. The van der Waals surface area contributed by atoms with E-state index in [0.717, 1.165) is 5.56 Å². The second-order valence-electron chi connectivity index (χ2n) is 6.44. The van der Waals surface area contributed by atoms with E-state index in [1.54, 1.807) is 47.1 Å². The number of pyridine rings is 1. The number of nitrogens with zero attached hydrogens (tertiary/aromatic N) is 3. The molecule has 0 bridgehead atoms. The maximum atomic E-state index is 13.0. The summed E-state index contributed by atoms with van der Waals surface area (Å²) in [6.45, 7) is 0.743. The standard InChI is InChI=1S/C21H18N4O4S/c26-19(10-16-14-30-21(23-16)24-20(27)18-6-3-9-29-18)25(13-17-5-2-8-28-17)12-15-4-1-7-22-11-15/h1-9,11,14H,10,12-13H2,(H,23,24,27). The summed E-state index contributed by atoms with van der Waals surface area (Å²) in [5.41, 5.74) is 1.50. The number of furan rings is 2. The zero-order chi connectivity index (χ0) is 20.8. The van der Waals surface area contributed by atoms with Crippen molar-refractivity contribution in [2.75, 3.05) is 5.32 Å². The van der Waals surface area contributed by atoms with Gasteiger partial charge in [0.1, 0.15) is 5.76 Å². The van der Waals surface area contributed by atoms with Crippen molar-refractivity contribution in [1.82, 2.24) is 14.9 Å². The Bertz CT molecular complexity index is 1090. The minimum absolute atomic E-state index is 0.105. The number of hydrogen-bond acceptors (Lipinski definition) is 7. The van der Waals surface area contributed by atoms with Crippen LogP contribution in [0.3, 0.4) is 0 Å². The molecule has 0 saturated carbocycles. The predicted octanol–water partition coefficient (Wildman–Crippen LogP) is 3.75. The largest absolute Gasteiger partial charge is 0.467 e. The van der Waals surface area contributed by atoms with Crippen LogP contribution in [0.5, 0.6) is 0 Å². The smallest absolute Gasteiger partial charge is 0.293 e. The maximum absolute atomic E-state index is 13.0. The fourth-order valence-electron chi connectivity index (χ4n) is 2.81. The Hall–Kier alpha value is -3.72. The van der Waals surface area contributed by atoms with Crippen LogP contribution in [0.15, 0.2) is 75.5 Å². The number of anilines is 1. The van der Waals surface area contributed by atoms with Gasteiger partial charge in [0.25, 0.3) is 5.91 Å². The molecule has 4 heterocycles. The molecule has 2 amide bonds. The number of rotatable bonds is 8. The maximum Gasteiger partial charge on any atom is 0.293 e. The van der Waals surface area contributed by atoms with E-state index >= 15 is 0 Å². The van der Waals surface area contributed by atoms with Gasteiger partial charge in [0, 0.05) is 24.3 Å². The summed E-state index contributed by atoms with van der Waals surface area (Å²) in [4.78, 5) is 35.2. The lowest BCUT2D eigenvalue weighted by Crippen LogP contribution is -2.31. The summed E-state index contributed by atoms with van der Waals surface area (Å²) in [5.74, 6) is 0.397. The van der Waals surface area contributed by atoms with Crippen molar-refractivity contribution >= 4 is 28.3 Å². The third-order valence-corrected chi connectivity index (χ3v) is 5.03. The van der Waals surface area contributed by atoms with Crippen LogP contribution in [0, 0.1) is 0 Å². The van der Waals surface area contributed by atoms with Crippen LogP contribution in [0.1, 0.15) is 27.6 Å². The Morgan fingerprint density at radius 1 is 1.07 bits per heavy atom. The van der Waals surface area contributed by atoms with Crippen LogP contribution >= 0.6 is 11.3 Å². The third kappa shape index (κ3) is 5.00. The first-order valence-corrected chi connectivity index (χ1v) is 10.0. The Balaban J connectivity index is 1.43. The van der Waals surface area contributed by atoms with Crippen LogP contribution < -0.4 is 5.32 Å². The lowest BCUT2D eigenvalue weighted by Gasteiger charge is -2.21. The Kier molecular flexibility index (Phi) is 6.00. The molecule has 4 aromatic heterocycles. The molecule has 0 unspecified atom stereocenters. The van der Waals surface area contributed by atoms with E-state index in [4.69, 9.17) is 8.83 Å². The minimum atomic E-state index is -0.386. The molecule has 1 N–H and O–H groups in total. The van der Waals surface area contributed by atoms with Gasteiger partial charge in [-0.15, -0.1) is 11.3 Å². The van der Waals surface area contributed by atoms with Gasteiger partial charge in [0.2, 0.25) is 5.91 Å². The number of hydrogen-bond donors (Lipinski definition) is 1. The topological polar surface area (TPSA) is 101 Å². The van der Waals surface area contributed by atoms with E-state index in [1.165, 1.54) is 17.6 Å². The number of amides is 2. The quantitative estimate of drug-likeness (QED) is 0.464. The highest BCUT2D eigenvalue weighted by molar-refractivity contribution is 7.14. The van der Waals surface area contributed by atoms with E-state index in [2.05, 4.69) is 15.3 Å². The summed E-state index contributed by atoms with van der Waals surface area (Å²) in [5, 5.41) is 4.83. The van der Waals surface area contributed by atoms with Gasteiger partial charge in [-0.3, -0.25) is 19.9 Å². The SMILES string of the molecule is O=C(Nc1nc(CC(=O)N(Cc2cccnc2)Cc2ccco2)cs1)c1ccco1. The summed E-state index contributed by atoms with van der Waals surface area (Å²) in [6.07, 6.45) is 6.53. The second-order valence-corrected chi connectivity index (χ2v) is 7.30. The van der Waals surface area contributed by atoms with Gasteiger partial charge in [-0.25, -0.2) is 4.98 Å². The molecule has 9 heteroatoms. The van der Waals surface area contributed by atoms with Crippen molar-refractivity contribution in [2.45, 2.75) is 19.5 Å². The zero-order valence-electron chi connectivity index (χ0n) is 15.9. The van der Waals surface area contributed by atoms with Gasteiger partial charge < -0.3 is 13.7 Å². The Morgan fingerprint density at radius 3 is 2.67 bits per heavy atom. The average Bonchev–Trinajstić information content (AvgIpc) is 3.52. The van der Waals surface area contributed by atoms with Crippen LogP contribution in [-0.2, 0) is 24.3 Å². The molecule has 8 nitrogen and oxygen atoms in total. The van der Waals surface area contributed by atoms with Gasteiger partial charge >= 0.3 is 0 Å². The number of thiazole rings is 1. The van der Waals surface area contributed by atoms with Crippen molar-refractivity contribution < 1.29 is 18.4 Å². The highest BCUT2D eigenvalue weighted by Gasteiger charge is 2.19. The van der Waals surface area contributed by atoms with Crippen LogP contribution in [0.4, 0.5) is 5.13 Å². The molecule has 0 aliphatic rings. The fraction of sp³-hybridized carbons (Fsp3) is 0.143. The van der Waals surface area contributed by atoms with Gasteiger partial charge in [-0.05, 0) is 35.9 Å². The summed E-state index contributed by atoms with van der Waals surface area (Å²) >= 11 is 1.25. The molecule has 4 rings (SSSR count). The Labute approximate surface area is 176 Å². The summed E-state index contributed by atoms with van der Waals surface area (Å²) in [6, 6.07) is 10.6. The average molecular weight is 422 g/mol. The predicted molar refractivity (Wildman–Crippen MR) is 110 cm³/mol. The number of carbonyl (C=O) groups is 2. The first-order chi connectivity index (χ1) is 14.7. The molecule has 0 radical (unpaired) electrons. The first-order valence-electron chi connectivity index (χ1n) is 9.15. The molecule has 0 fully saturated rings. The molecular formula is C21H18N4O4S. The number of carbonyl (C=O) groups excluding carboxylic acids is 2. The van der Waals surface area contributed by atoms with Crippen molar-refractivity contribution in [1.29, 1.82) is 0 Å². The van der Waals surface area contributed by atoms with Crippen molar-refractivity contribution in [3.63, 3.8) is 0 Å². The molecule has 0 aliphatic carbocycles. The lowest BCUT2D eigenvalue weighted by molar-refractivity contribution is -0.132. The van der Waals surface area contributed by atoms with E-state index in [9.17, 15) is 9.59 Å². The first kappa shape index (κ1) is 19.6. The van der Waals surface area contributed by atoms with Crippen molar-refractivity contribution in [3.8, 4) is 0 Å². The van der Waals surface area contributed by atoms with Crippen LogP contribution in [-0.4, -0.2) is 26.7 Å². The molecular weight excluding hydrogens is 404 g/mol. The molecule has 0 atom stereocenters. The normalized spacial score (nSPS) is 10.7. The minimum Gasteiger partial charge on any atom is -0.467 e. The highest BCUT2D eigenvalue weighted by atomic mass is 32.1. The fourth-order valence-corrected chi connectivity index (χ4v) is 3.52. The van der Waals surface area contributed by atoms with Gasteiger partial charge in [0.15, 0.2) is 10.9 Å². The third-order valence-electron chi connectivity index (χ3n) is 4.23. The van der Waals surface area contributed by atoms with E-state index in [0.29, 0.717) is 29.7 Å². The van der Waals surface area contributed by atoms with Gasteiger partial charge in [-0.1, -0.05) is 6.07 Å². The molecule has 0 aliphatic heterocycles. The van der Waals surface area contributed by atoms with E-state index < -0.39 is 0 Å². The van der Waals surface area contributed by atoms with E-state index in [-0.39, 0.29) is 24.0 Å². The van der Waals surface area contributed by atoms with Gasteiger partial charge in [-0.2, -0.15) is 0 Å². The summed E-state index contributed by atoms with van der Waals surface area (Å²) in [7, 11) is 0. The zero-order valence-corrected chi connectivity index (χ0v) is 16.7. The van der Waals surface area contributed by atoms with Crippen molar-refractivity contribution in [3.05, 3.63) is 89.5 Å². The summed E-state index contributed by atoms with van der Waals surface area (Å²) < 4.78 is 10.5. The van der Waals surface area contributed by atoms with Crippen molar-refractivity contribution in [2.24, 2.45) is 0 Å². The Morgan fingerprint density at radius 2 is 1.93 bits per heavy atom. The van der Waals surface area contributed by atoms with Crippen LogP contribution in [0.25, 0.3) is 0 Å². The monoisotopic (exact) mass is 422 g/mol. The number of nitrogens with one attached hydrogen (secondary N) is 1. The van der Waals surface area contributed by atoms with E-state index in [1.807, 2.05) is 18.2 Å². The molecule has 152 valence electrons. The van der Waals surface area contributed by atoms with Crippen LogP contribution in [0.2, 0.25) is 0 Å². The second kappa shape index (κ2) is 9.19. The van der Waals surface area contributed by atoms with Gasteiger partial charge in [0.05, 0.1) is 31.2 Å². The molecule has 0 spiro atoms. The lowest BCUT2D eigenvalue weighted by atomic mass is 10.2. The highest BCUT2D eigenvalue weighted by Crippen LogP contribution is 2.19.